The Bertz CT molecular complexity index is 891. The highest BCUT2D eigenvalue weighted by molar-refractivity contribution is 7.90. The Morgan fingerprint density at radius 2 is 1.73 bits per heavy atom. The first-order chi connectivity index (χ1) is 12.4. The van der Waals surface area contributed by atoms with Crippen LogP contribution in [0, 0.1) is 0 Å². The maximum Gasteiger partial charge on any atom is 0.337 e. The summed E-state index contributed by atoms with van der Waals surface area (Å²) in [6, 6.07) is 14.0. The standard InChI is InChI=1S/C19H22N2O4S/c1-21(16-9-5-6-10-16)26(24,25)20-18-13-15(11-12-17(18)19(22)23)14-7-3-2-4-8-14/h2-4,7-8,11-13,16,20H,5-6,9-10H2,1H3,(H,22,23). The number of carboxylic acid groups (broad SMARTS) is 1. The molecule has 3 rings (SSSR count). The first kappa shape index (κ1) is 18.4. The number of benzene rings is 2. The Morgan fingerprint density at radius 1 is 1.08 bits per heavy atom. The molecule has 0 atom stereocenters. The van der Waals surface area contributed by atoms with E-state index >= 15 is 0 Å². The van der Waals surface area contributed by atoms with Crippen molar-refractivity contribution < 1.29 is 18.3 Å². The fraction of sp³-hybridized carbons (Fsp3) is 0.316. The van der Waals surface area contributed by atoms with Crippen molar-refractivity contribution in [3.8, 4) is 11.1 Å². The van der Waals surface area contributed by atoms with E-state index in [4.69, 9.17) is 0 Å². The van der Waals surface area contributed by atoms with Gasteiger partial charge in [-0.1, -0.05) is 49.2 Å². The lowest BCUT2D eigenvalue weighted by atomic mass is 10.0. The molecule has 0 bridgehead atoms. The van der Waals surface area contributed by atoms with Gasteiger partial charge in [0.05, 0.1) is 11.3 Å². The second kappa shape index (κ2) is 7.47. The molecule has 0 radical (unpaired) electrons. The van der Waals surface area contributed by atoms with Crippen molar-refractivity contribution in [3.63, 3.8) is 0 Å². The van der Waals surface area contributed by atoms with Gasteiger partial charge in [0.1, 0.15) is 0 Å². The van der Waals surface area contributed by atoms with Gasteiger partial charge < -0.3 is 5.11 Å². The maximum absolute atomic E-state index is 12.7. The molecule has 1 saturated carbocycles. The lowest BCUT2D eigenvalue weighted by Crippen LogP contribution is -2.39. The van der Waals surface area contributed by atoms with Gasteiger partial charge in [-0.15, -0.1) is 0 Å². The first-order valence-electron chi connectivity index (χ1n) is 8.57. The van der Waals surface area contributed by atoms with Gasteiger partial charge in [-0.2, -0.15) is 12.7 Å². The van der Waals surface area contributed by atoms with Gasteiger partial charge >= 0.3 is 16.2 Å². The van der Waals surface area contributed by atoms with E-state index in [1.165, 1.54) is 10.4 Å². The average molecular weight is 374 g/mol. The molecule has 26 heavy (non-hydrogen) atoms. The van der Waals surface area contributed by atoms with E-state index in [2.05, 4.69) is 4.72 Å². The molecule has 1 aliphatic carbocycles. The molecule has 0 unspecified atom stereocenters. The molecule has 0 aromatic heterocycles. The SMILES string of the molecule is CN(C1CCCC1)S(=O)(=O)Nc1cc(-c2ccccc2)ccc1C(=O)O. The molecule has 138 valence electrons. The molecule has 0 amide bonds. The topological polar surface area (TPSA) is 86.7 Å². The molecule has 1 fully saturated rings. The number of carboxylic acids is 1. The fourth-order valence-electron chi connectivity index (χ4n) is 3.30. The van der Waals surface area contributed by atoms with Crippen LogP contribution in [0.1, 0.15) is 36.0 Å². The minimum atomic E-state index is -3.83. The van der Waals surface area contributed by atoms with Crippen molar-refractivity contribution in [2.75, 3.05) is 11.8 Å². The summed E-state index contributed by atoms with van der Waals surface area (Å²) >= 11 is 0. The van der Waals surface area contributed by atoms with Crippen molar-refractivity contribution >= 4 is 21.9 Å². The van der Waals surface area contributed by atoms with E-state index in [1.54, 1.807) is 19.2 Å². The van der Waals surface area contributed by atoms with Crippen LogP contribution in [0.3, 0.4) is 0 Å². The van der Waals surface area contributed by atoms with Crippen LogP contribution in [-0.2, 0) is 10.2 Å². The zero-order chi connectivity index (χ0) is 18.7. The summed E-state index contributed by atoms with van der Waals surface area (Å²) in [6.07, 6.45) is 3.67. The smallest absolute Gasteiger partial charge is 0.337 e. The summed E-state index contributed by atoms with van der Waals surface area (Å²) < 4.78 is 29.3. The Labute approximate surface area is 153 Å². The minimum absolute atomic E-state index is 0.0434. The molecule has 2 aromatic carbocycles. The lowest BCUT2D eigenvalue weighted by Gasteiger charge is -2.24. The fourth-order valence-corrected chi connectivity index (χ4v) is 4.49. The summed E-state index contributed by atoms with van der Waals surface area (Å²) in [5.74, 6) is -1.18. The van der Waals surface area contributed by atoms with E-state index in [0.717, 1.165) is 36.8 Å². The van der Waals surface area contributed by atoms with Crippen LogP contribution >= 0.6 is 0 Å². The van der Waals surface area contributed by atoms with Gasteiger partial charge in [0.25, 0.3) is 0 Å². The van der Waals surface area contributed by atoms with Crippen LogP contribution in [0.2, 0.25) is 0 Å². The maximum atomic E-state index is 12.7. The molecule has 2 N–H and O–H groups in total. The van der Waals surface area contributed by atoms with Gasteiger partial charge in [-0.25, -0.2) is 4.79 Å². The summed E-state index contributed by atoms with van der Waals surface area (Å²) in [5, 5.41) is 9.43. The Balaban J connectivity index is 1.95. The summed E-state index contributed by atoms with van der Waals surface area (Å²) in [7, 11) is -2.29. The molecule has 0 heterocycles. The Hall–Kier alpha value is -2.38. The average Bonchev–Trinajstić information content (AvgIpc) is 3.15. The van der Waals surface area contributed by atoms with Crippen molar-refractivity contribution in [1.29, 1.82) is 0 Å². The number of nitrogens with zero attached hydrogens (tertiary/aromatic N) is 1. The van der Waals surface area contributed by atoms with Gasteiger partial charge in [-0.3, -0.25) is 4.72 Å². The van der Waals surface area contributed by atoms with Gasteiger partial charge in [0.2, 0.25) is 0 Å². The van der Waals surface area contributed by atoms with Crippen LogP contribution in [0.4, 0.5) is 5.69 Å². The second-order valence-electron chi connectivity index (χ2n) is 6.49. The van der Waals surface area contributed by atoms with E-state index in [-0.39, 0.29) is 17.3 Å². The number of rotatable bonds is 6. The Kier molecular flexibility index (Phi) is 5.29. The summed E-state index contributed by atoms with van der Waals surface area (Å²) in [6.45, 7) is 0. The summed E-state index contributed by atoms with van der Waals surface area (Å²) in [4.78, 5) is 11.5. The van der Waals surface area contributed by atoms with Crippen LogP contribution < -0.4 is 4.72 Å². The molecular formula is C19H22N2O4S. The third-order valence-electron chi connectivity index (χ3n) is 4.81. The monoisotopic (exact) mass is 374 g/mol. The van der Waals surface area contributed by atoms with E-state index < -0.39 is 16.2 Å². The molecule has 0 saturated heterocycles. The zero-order valence-electron chi connectivity index (χ0n) is 14.6. The number of carbonyl (C=O) groups is 1. The Morgan fingerprint density at radius 3 is 2.35 bits per heavy atom. The quantitative estimate of drug-likeness (QED) is 0.809. The highest BCUT2D eigenvalue weighted by Gasteiger charge is 2.29. The molecule has 2 aromatic rings. The number of hydrogen-bond donors (Lipinski definition) is 2. The largest absolute Gasteiger partial charge is 0.478 e. The predicted molar refractivity (Wildman–Crippen MR) is 101 cm³/mol. The van der Waals surface area contributed by atoms with Crippen LogP contribution in [0.5, 0.6) is 0 Å². The summed E-state index contributed by atoms with van der Waals surface area (Å²) in [5.41, 5.74) is 1.63. The number of anilines is 1. The highest BCUT2D eigenvalue weighted by atomic mass is 32.2. The third kappa shape index (κ3) is 3.89. The zero-order valence-corrected chi connectivity index (χ0v) is 15.4. The van der Waals surface area contributed by atoms with Crippen LogP contribution in [0.15, 0.2) is 48.5 Å². The van der Waals surface area contributed by atoms with E-state index in [9.17, 15) is 18.3 Å². The molecule has 1 aliphatic rings. The highest BCUT2D eigenvalue weighted by Crippen LogP contribution is 2.29. The van der Waals surface area contributed by atoms with Crippen molar-refractivity contribution in [2.45, 2.75) is 31.7 Å². The molecule has 7 heteroatoms. The molecular weight excluding hydrogens is 352 g/mol. The second-order valence-corrected chi connectivity index (χ2v) is 8.22. The number of nitrogens with one attached hydrogen (secondary N) is 1. The van der Waals surface area contributed by atoms with Crippen molar-refractivity contribution in [2.24, 2.45) is 0 Å². The minimum Gasteiger partial charge on any atom is -0.478 e. The normalized spacial score (nSPS) is 15.3. The van der Waals surface area contributed by atoms with Gasteiger partial charge in [-0.05, 0) is 36.1 Å². The van der Waals surface area contributed by atoms with Gasteiger partial charge in [0.15, 0.2) is 0 Å². The molecule has 0 spiro atoms. The van der Waals surface area contributed by atoms with Crippen molar-refractivity contribution in [3.05, 3.63) is 54.1 Å². The molecule has 6 nitrogen and oxygen atoms in total. The van der Waals surface area contributed by atoms with Crippen molar-refractivity contribution in [1.82, 2.24) is 4.31 Å². The van der Waals surface area contributed by atoms with E-state index in [0.29, 0.717) is 0 Å². The van der Waals surface area contributed by atoms with Crippen LogP contribution in [0.25, 0.3) is 11.1 Å². The van der Waals surface area contributed by atoms with E-state index in [1.807, 2.05) is 30.3 Å². The molecule has 0 aliphatic heterocycles. The number of hydrogen-bond acceptors (Lipinski definition) is 3. The predicted octanol–water partition coefficient (Wildman–Crippen LogP) is 3.58. The van der Waals surface area contributed by atoms with Gasteiger partial charge in [0, 0.05) is 13.1 Å². The lowest BCUT2D eigenvalue weighted by molar-refractivity contribution is 0.0698. The third-order valence-corrected chi connectivity index (χ3v) is 6.35. The number of aromatic carboxylic acids is 1. The first-order valence-corrected chi connectivity index (χ1v) is 10.0. The van der Waals surface area contributed by atoms with Crippen LogP contribution in [-0.4, -0.2) is 36.9 Å².